The van der Waals surface area contributed by atoms with Crippen LogP contribution in [0.1, 0.15) is 21.0 Å². The van der Waals surface area contributed by atoms with Crippen LogP contribution in [0, 0.1) is 0 Å². The Bertz CT molecular complexity index is 1200. The minimum atomic E-state index is -1.42. The van der Waals surface area contributed by atoms with Gasteiger partial charge in [-0.15, -0.1) is 0 Å². The summed E-state index contributed by atoms with van der Waals surface area (Å²) in [6, 6.07) is 19.6. The van der Waals surface area contributed by atoms with Crippen LogP contribution < -0.4 is 9.47 Å². The lowest BCUT2D eigenvalue weighted by Crippen LogP contribution is -2.17. The van der Waals surface area contributed by atoms with Crippen LogP contribution in [0.4, 0.5) is 0 Å². The van der Waals surface area contributed by atoms with Crippen molar-refractivity contribution in [1.29, 1.82) is 0 Å². The number of halogens is 2. The number of aromatic nitrogens is 2. The number of hydrogen-bond acceptors (Lipinski definition) is 8. The molecule has 9 nitrogen and oxygen atoms in total. The zero-order valence-electron chi connectivity index (χ0n) is 18.3. The van der Waals surface area contributed by atoms with E-state index in [1.54, 1.807) is 60.7 Å². The van der Waals surface area contributed by atoms with Gasteiger partial charge < -0.3 is 22.5 Å². The summed E-state index contributed by atoms with van der Waals surface area (Å²) in [5.41, 5.74) is 0.0812. The van der Waals surface area contributed by atoms with Gasteiger partial charge in [0.2, 0.25) is 0 Å². The predicted molar refractivity (Wildman–Crippen MR) is 132 cm³/mol. The maximum atomic E-state index is 12.2. The van der Waals surface area contributed by atoms with Gasteiger partial charge in [0.15, 0.2) is 0 Å². The predicted octanol–water partition coefficient (Wildman–Crippen LogP) is 5.09. The molecule has 0 unspecified atom stereocenters. The monoisotopic (exact) mass is 541 g/mol. The van der Waals surface area contributed by atoms with Crippen molar-refractivity contribution in [2.45, 2.75) is 0 Å². The number of rotatable bonds is 8. The number of pyridine rings is 2. The first-order valence-corrected chi connectivity index (χ1v) is 11.7. The third kappa shape index (κ3) is 7.68. The molecule has 0 saturated heterocycles. The molecule has 0 fully saturated rings. The highest BCUT2D eigenvalue weighted by Gasteiger charge is 2.18. The van der Waals surface area contributed by atoms with Crippen molar-refractivity contribution < 1.29 is 32.1 Å². The maximum absolute atomic E-state index is 12.2. The number of carbonyl (C=O) groups is 2. The van der Waals surface area contributed by atoms with E-state index in [0.717, 1.165) is 0 Å². The van der Waals surface area contributed by atoms with Crippen LogP contribution >= 0.6 is 23.2 Å². The summed E-state index contributed by atoms with van der Waals surface area (Å²) in [7, 11) is 0. The smallest absolute Gasteiger partial charge is 0.584 e. The second kappa shape index (κ2) is 12.9. The van der Waals surface area contributed by atoms with Gasteiger partial charge in [-0.05, 0) is 72.8 Å². The summed E-state index contributed by atoms with van der Waals surface area (Å²) in [5.74, 6) is 0.535. The summed E-state index contributed by atoms with van der Waals surface area (Å²) in [6.45, 7) is 0. The molecule has 0 saturated carbocycles. The molecule has 0 aliphatic heterocycles. The van der Waals surface area contributed by atoms with Crippen molar-refractivity contribution in [3.8, 4) is 23.0 Å². The summed E-state index contributed by atoms with van der Waals surface area (Å²) in [4.78, 5) is 32.3. The standard InChI is InChI=1S/2C12H8ClNO3.Al.H2O/c2*13-8-1-3-9(4-2-8)17-10-5-6-11(12(15)16)14-7-10;;/h2*1-7H,(H,15,16);;1H2/q;;+2;/p-2. The van der Waals surface area contributed by atoms with E-state index < -0.39 is 27.8 Å². The molecular formula is C24H16AlCl2N2O7. The van der Waals surface area contributed by atoms with Gasteiger partial charge in [-0.3, -0.25) is 0 Å². The molecule has 0 aliphatic carbocycles. The van der Waals surface area contributed by atoms with Crippen LogP contribution in [-0.4, -0.2) is 43.3 Å². The Morgan fingerprint density at radius 2 is 0.944 bits per heavy atom. The van der Waals surface area contributed by atoms with Gasteiger partial charge in [0.05, 0.1) is 12.4 Å². The number of benzene rings is 2. The SMILES string of the molecule is O.O=C([O][Al][O]C(=O)c1ccc(Oc2ccc(Cl)cc2)cn1)c1ccc(Oc2ccc(Cl)cc2)cn1. The molecule has 12 heteroatoms. The summed E-state index contributed by atoms with van der Waals surface area (Å²) in [6.07, 6.45) is 2.76. The molecule has 0 amide bonds. The zero-order valence-corrected chi connectivity index (χ0v) is 20.9. The van der Waals surface area contributed by atoms with Crippen molar-refractivity contribution in [3.63, 3.8) is 0 Å². The lowest BCUT2D eigenvalue weighted by Gasteiger charge is -2.08. The maximum Gasteiger partial charge on any atom is 0.886 e. The second-order valence-electron chi connectivity index (χ2n) is 6.78. The van der Waals surface area contributed by atoms with E-state index in [1.165, 1.54) is 24.5 Å². The normalized spacial score (nSPS) is 9.94. The summed E-state index contributed by atoms with van der Waals surface area (Å²) in [5, 5.41) is 1.18. The zero-order chi connectivity index (χ0) is 24.6. The molecule has 36 heavy (non-hydrogen) atoms. The van der Waals surface area contributed by atoms with Crippen molar-refractivity contribution in [2.75, 3.05) is 0 Å². The molecule has 0 aliphatic rings. The first kappa shape index (κ1) is 26.9. The third-order valence-electron chi connectivity index (χ3n) is 4.30. The highest BCUT2D eigenvalue weighted by molar-refractivity contribution is 6.31. The van der Waals surface area contributed by atoms with Gasteiger partial charge >= 0.3 is 27.8 Å². The molecule has 4 rings (SSSR count). The average molecular weight is 542 g/mol. The van der Waals surface area contributed by atoms with Gasteiger partial charge in [-0.1, -0.05) is 23.2 Å². The van der Waals surface area contributed by atoms with E-state index in [1.807, 2.05) is 0 Å². The van der Waals surface area contributed by atoms with Crippen molar-refractivity contribution in [1.82, 2.24) is 9.97 Å². The summed E-state index contributed by atoms with van der Waals surface area (Å²) < 4.78 is 21.3. The van der Waals surface area contributed by atoms with E-state index in [4.69, 9.17) is 40.3 Å². The Morgan fingerprint density at radius 1 is 0.583 bits per heavy atom. The molecule has 181 valence electrons. The molecule has 2 aromatic carbocycles. The Kier molecular flexibility index (Phi) is 9.64. The van der Waals surface area contributed by atoms with E-state index in [2.05, 4.69) is 9.97 Å². The number of carbonyl (C=O) groups excluding carboxylic acids is 2. The quantitative estimate of drug-likeness (QED) is 0.282. The average Bonchev–Trinajstić information content (AvgIpc) is 2.87. The highest BCUT2D eigenvalue weighted by Crippen LogP contribution is 2.23. The topological polar surface area (TPSA) is 128 Å². The van der Waals surface area contributed by atoms with Crippen LogP contribution in [0.3, 0.4) is 0 Å². The fourth-order valence-electron chi connectivity index (χ4n) is 2.63. The fourth-order valence-corrected chi connectivity index (χ4v) is 3.35. The van der Waals surface area contributed by atoms with Gasteiger partial charge in [-0.25, -0.2) is 19.6 Å². The molecule has 0 bridgehead atoms. The minimum absolute atomic E-state index is 0. The largest absolute Gasteiger partial charge is 0.886 e. The molecule has 1 radical (unpaired) electrons. The molecule has 4 aromatic rings. The van der Waals surface area contributed by atoms with Crippen LogP contribution in [0.2, 0.25) is 10.0 Å². The van der Waals surface area contributed by atoms with Crippen LogP contribution in [0.15, 0.2) is 85.2 Å². The molecule has 0 spiro atoms. The van der Waals surface area contributed by atoms with Crippen molar-refractivity contribution in [3.05, 3.63) is 107 Å². The first-order valence-electron chi connectivity index (χ1n) is 9.99. The lowest BCUT2D eigenvalue weighted by atomic mass is 10.3. The van der Waals surface area contributed by atoms with Crippen LogP contribution in [0.5, 0.6) is 23.0 Å². The van der Waals surface area contributed by atoms with Crippen molar-refractivity contribution in [2.24, 2.45) is 0 Å². The van der Waals surface area contributed by atoms with Gasteiger partial charge in [-0.2, -0.15) is 0 Å². The Labute approximate surface area is 222 Å². The second-order valence-corrected chi connectivity index (χ2v) is 8.31. The molecule has 2 N–H and O–H groups in total. The van der Waals surface area contributed by atoms with Crippen molar-refractivity contribution >= 4 is 51.0 Å². The first-order chi connectivity index (χ1) is 17.0. The Balaban J connectivity index is 0.00000361. The molecular weight excluding hydrogens is 526 g/mol. The van der Waals surface area contributed by atoms with Gasteiger partial charge in [0.25, 0.3) is 0 Å². The number of hydrogen-bond donors (Lipinski definition) is 0. The lowest BCUT2D eigenvalue weighted by molar-refractivity contribution is 0.0625. The number of ether oxygens (including phenoxy) is 2. The Morgan fingerprint density at radius 3 is 1.28 bits per heavy atom. The van der Waals surface area contributed by atoms with E-state index in [-0.39, 0.29) is 16.9 Å². The molecule has 0 atom stereocenters. The van der Waals surface area contributed by atoms with Crippen LogP contribution in [-0.2, 0) is 7.58 Å². The van der Waals surface area contributed by atoms with Crippen LogP contribution in [0.25, 0.3) is 0 Å². The van der Waals surface area contributed by atoms with E-state index in [0.29, 0.717) is 33.0 Å². The van der Waals surface area contributed by atoms with Gasteiger partial charge in [0, 0.05) is 10.0 Å². The van der Waals surface area contributed by atoms with E-state index in [9.17, 15) is 9.59 Å². The molecule has 2 aromatic heterocycles. The van der Waals surface area contributed by atoms with Gasteiger partial charge in [0.1, 0.15) is 34.4 Å². The third-order valence-corrected chi connectivity index (χ3v) is 5.42. The minimum Gasteiger partial charge on any atom is -0.584 e. The fraction of sp³-hybridized carbons (Fsp3) is 0. The van der Waals surface area contributed by atoms with E-state index >= 15 is 0 Å². The number of nitrogens with zero attached hydrogens (tertiary/aromatic N) is 2. The summed E-state index contributed by atoms with van der Waals surface area (Å²) >= 11 is 10.3. The molecule has 2 heterocycles. The highest BCUT2D eigenvalue weighted by atomic mass is 35.5. The Hall–Kier alpha value is -3.65.